The minimum Gasteiger partial charge on any atom is -0.494 e. The summed E-state index contributed by atoms with van der Waals surface area (Å²) in [5, 5.41) is 10.6. The van der Waals surface area contributed by atoms with Gasteiger partial charge < -0.3 is 9.84 Å². The smallest absolute Gasteiger partial charge is 0.108 e. The fourth-order valence-electron chi connectivity index (χ4n) is 2.00. The summed E-state index contributed by atoms with van der Waals surface area (Å²) < 4.78 is 17.7. The van der Waals surface area contributed by atoms with E-state index in [1.807, 2.05) is 38.1 Å². The van der Waals surface area contributed by atoms with Crippen LogP contribution in [0.1, 0.15) is 38.7 Å². The Morgan fingerprint density at radius 1 is 1.30 bits per heavy atom. The van der Waals surface area contributed by atoms with Crippen LogP contribution in [0.4, 0.5) is 0 Å². The van der Waals surface area contributed by atoms with Gasteiger partial charge in [-0.2, -0.15) is 0 Å². The van der Waals surface area contributed by atoms with Crippen molar-refractivity contribution in [2.24, 2.45) is 0 Å². The number of aryl methyl sites for hydroxylation is 1. The third-order valence-electron chi connectivity index (χ3n) is 3.20. The van der Waals surface area contributed by atoms with Crippen LogP contribution in [0.25, 0.3) is 0 Å². The van der Waals surface area contributed by atoms with Crippen LogP contribution < -0.4 is 0 Å². The zero-order valence-electron chi connectivity index (χ0n) is 12.5. The van der Waals surface area contributed by atoms with Crippen molar-refractivity contribution in [1.82, 2.24) is 0 Å². The second-order valence-electron chi connectivity index (χ2n) is 5.17. The molecule has 1 rings (SSSR count). The summed E-state index contributed by atoms with van der Waals surface area (Å²) in [4.78, 5) is 0.759. The normalized spacial score (nSPS) is 16.0. The SMILES string of the molecule is CCC[C@](C)(CCO)O/C=C/[S@](=O)c1ccc(C)cc1. The Kier molecular flexibility index (Phi) is 6.96. The lowest BCUT2D eigenvalue weighted by Crippen LogP contribution is -2.27. The highest BCUT2D eigenvalue weighted by atomic mass is 32.2. The van der Waals surface area contributed by atoms with E-state index in [-0.39, 0.29) is 6.61 Å². The Morgan fingerprint density at radius 3 is 2.50 bits per heavy atom. The van der Waals surface area contributed by atoms with Gasteiger partial charge >= 0.3 is 0 Å². The van der Waals surface area contributed by atoms with Crippen LogP contribution in [0.5, 0.6) is 0 Å². The Balaban J connectivity index is 2.62. The van der Waals surface area contributed by atoms with E-state index in [0.29, 0.717) is 6.42 Å². The summed E-state index contributed by atoms with van der Waals surface area (Å²) in [5.74, 6) is 0. The minimum atomic E-state index is -1.20. The molecule has 0 heterocycles. The molecule has 0 aliphatic rings. The predicted octanol–water partition coefficient (Wildman–Crippen LogP) is 3.53. The molecule has 1 aromatic rings. The Morgan fingerprint density at radius 2 is 1.95 bits per heavy atom. The van der Waals surface area contributed by atoms with E-state index in [1.54, 1.807) is 5.41 Å². The standard InChI is InChI=1S/C16H24O3S/c1-4-9-16(3,10-11-17)19-12-13-20(18)15-7-5-14(2)6-8-15/h5-8,12-13,17H,4,9-11H2,1-3H3/b13-12+/t16-,20+/m1/s1. The number of hydrogen-bond donors (Lipinski definition) is 1. The number of ether oxygens (including phenoxy) is 1. The predicted molar refractivity (Wildman–Crippen MR) is 82.8 cm³/mol. The molecular formula is C16H24O3S. The molecule has 0 aliphatic carbocycles. The highest BCUT2D eigenvalue weighted by molar-refractivity contribution is 7.88. The van der Waals surface area contributed by atoms with E-state index in [1.165, 1.54) is 6.26 Å². The molecule has 1 aromatic carbocycles. The molecule has 112 valence electrons. The van der Waals surface area contributed by atoms with Crippen LogP contribution in [0.15, 0.2) is 40.8 Å². The molecule has 4 heteroatoms. The van der Waals surface area contributed by atoms with Crippen molar-refractivity contribution in [3.63, 3.8) is 0 Å². The topological polar surface area (TPSA) is 46.5 Å². The van der Waals surface area contributed by atoms with Crippen LogP contribution >= 0.6 is 0 Å². The lowest BCUT2D eigenvalue weighted by Gasteiger charge is -2.27. The molecule has 0 saturated carbocycles. The largest absolute Gasteiger partial charge is 0.494 e. The fourth-order valence-corrected chi connectivity index (χ4v) is 2.72. The zero-order chi connectivity index (χ0) is 15.0. The molecule has 0 saturated heterocycles. The van der Waals surface area contributed by atoms with Crippen molar-refractivity contribution in [3.8, 4) is 0 Å². The molecule has 3 nitrogen and oxygen atoms in total. The molecule has 0 aromatic heterocycles. The maximum Gasteiger partial charge on any atom is 0.108 e. The quantitative estimate of drug-likeness (QED) is 0.746. The van der Waals surface area contributed by atoms with Crippen molar-refractivity contribution < 1.29 is 14.1 Å². The summed E-state index contributed by atoms with van der Waals surface area (Å²) in [6.07, 6.45) is 3.91. The molecule has 0 amide bonds. The number of benzene rings is 1. The van der Waals surface area contributed by atoms with E-state index in [0.717, 1.165) is 23.3 Å². The molecule has 0 bridgehead atoms. The lowest BCUT2D eigenvalue weighted by molar-refractivity contribution is 0.00898. The Hall–Kier alpha value is -1.13. The van der Waals surface area contributed by atoms with Crippen molar-refractivity contribution in [1.29, 1.82) is 0 Å². The first-order valence-corrected chi connectivity index (χ1v) is 8.14. The molecule has 0 unspecified atom stereocenters. The van der Waals surface area contributed by atoms with Gasteiger partial charge in [0.05, 0.1) is 17.1 Å². The van der Waals surface area contributed by atoms with Gasteiger partial charge in [-0.25, -0.2) is 4.21 Å². The van der Waals surface area contributed by atoms with Gasteiger partial charge in [0.25, 0.3) is 0 Å². The van der Waals surface area contributed by atoms with Crippen LogP contribution in [0, 0.1) is 6.92 Å². The van der Waals surface area contributed by atoms with Gasteiger partial charge in [0.15, 0.2) is 0 Å². The first kappa shape index (κ1) is 16.9. The highest BCUT2D eigenvalue weighted by Crippen LogP contribution is 2.22. The van der Waals surface area contributed by atoms with Gasteiger partial charge in [0, 0.05) is 23.3 Å². The van der Waals surface area contributed by atoms with E-state index in [4.69, 9.17) is 9.84 Å². The third kappa shape index (κ3) is 5.47. The molecule has 0 spiro atoms. The Bertz CT molecular complexity index is 445. The highest BCUT2D eigenvalue weighted by Gasteiger charge is 2.22. The molecule has 0 aliphatic heterocycles. The molecule has 20 heavy (non-hydrogen) atoms. The monoisotopic (exact) mass is 296 g/mol. The van der Waals surface area contributed by atoms with Crippen molar-refractivity contribution >= 4 is 10.8 Å². The number of hydrogen-bond acceptors (Lipinski definition) is 3. The maximum absolute atomic E-state index is 12.1. The maximum atomic E-state index is 12.1. The van der Waals surface area contributed by atoms with Crippen LogP contribution in [-0.4, -0.2) is 21.5 Å². The van der Waals surface area contributed by atoms with E-state index < -0.39 is 16.4 Å². The summed E-state index contributed by atoms with van der Waals surface area (Å²) in [7, 11) is -1.20. The van der Waals surface area contributed by atoms with Gasteiger partial charge in [0.2, 0.25) is 0 Å². The van der Waals surface area contributed by atoms with Gasteiger partial charge in [-0.3, -0.25) is 0 Å². The summed E-state index contributed by atoms with van der Waals surface area (Å²) in [6.45, 7) is 6.13. The lowest BCUT2D eigenvalue weighted by atomic mass is 9.97. The van der Waals surface area contributed by atoms with Crippen LogP contribution in [-0.2, 0) is 15.5 Å². The van der Waals surface area contributed by atoms with E-state index in [9.17, 15) is 4.21 Å². The van der Waals surface area contributed by atoms with Crippen molar-refractivity contribution in [2.75, 3.05) is 6.61 Å². The first-order valence-electron chi connectivity index (χ1n) is 6.93. The summed E-state index contributed by atoms with van der Waals surface area (Å²) in [5.41, 5.74) is 0.752. The van der Waals surface area contributed by atoms with Gasteiger partial charge in [-0.15, -0.1) is 0 Å². The van der Waals surface area contributed by atoms with Gasteiger partial charge in [-0.05, 0) is 32.4 Å². The zero-order valence-corrected chi connectivity index (χ0v) is 13.3. The average Bonchev–Trinajstić information content (AvgIpc) is 2.39. The van der Waals surface area contributed by atoms with Gasteiger partial charge in [-0.1, -0.05) is 31.0 Å². The number of aliphatic hydroxyl groups is 1. The second-order valence-corrected chi connectivity index (χ2v) is 6.51. The molecule has 0 radical (unpaired) electrons. The van der Waals surface area contributed by atoms with Crippen molar-refractivity contribution in [2.45, 2.75) is 50.5 Å². The second kappa shape index (κ2) is 8.22. The van der Waals surface area contributed by atoms with Crippen LogP contribution in [0.3, 0.4) is 0 Å². The van der Waals surface area contributed by atoms with Crippen LogP contribution in [0.2, 0.25) is 0 Å². The fraction of sp³-hybridized carbons (Fsp3) is 0.500. The van der Waals surface area contributed by atoms with E-state index in [2.05, 4.69) is 6.92 Å². The molecule has 1 N–H and O–H groups in total. The van der Waals surface area contributed by atoms with E-state index >= 15 is 0 Å². The van der Waals surface area contributed by atoms with Crippen molar-refractivity contribution in [3.05, 3.63) is 41.5 Å². The average molecular weight is 296 g/mol. The molecular weight excluding hydrogens is 272 g/mol. The summed E-state index contributed by atoms with van der Waals surface area (Å²) in [6, 6.07) is 7.59. The molecule has 0 fully saturated rings. The Labute approximate surface area is 124 Å². The van der Waals surface area contributed by atoms with Gasteiger partial charge in [0.1, 0.15) is 5.60 Å². The number of aliphatic hydroxyl groups excluding tert-OH is 1. The summed E-state index contributed by atoms with van der Waals surface area (Å²) >= 11 is 0. The first-order chi connectivity index (χ1) is 9.50. The number of rotatable bonds is 8. The third-order valence-corrected chi connectivity index (χ3v) is 4.30. The molecule has 2 atom stereocenters. The minimum absolute atomic E-state index is 0.0887.